The topological polar surface area (TPSA) is 104 Å². The normalized spacial score (nSPS) is 13.7. The fraction of sp³-hybridized carbons (Fsp3) is 0.381. The van der Waals surface area contributed by atoms with Gasteiger partial charge in [-0.3, -0.25) is 0 Å². The molecule has 3 aromatic rings. The number of ether oxygens (including phenoxy) is 1. The maximum atomic E-state index is 5.43. The number of nitrogens with one attached hydrogen (secondary N) is 2. The Bertz CT molecular complexity index is 958. The van der Waals surface area contributed by atoms with Crippen molar-refractivity contribution >= 4 is 35.0 Å². The summed E-state index contributed by atoms with van der Waals surface area (Å²) in [6.45, 7) is 9.08. The Balaban J connectivity index is 1.55. The van der Waals surface area contributed by atoms with Gasteiger partial charge in [0.1, 0.15) is 12.1 Å². The van der Waals surface area contributed by atoms with Gasteiger partial charge >= 0.3 is 0 Å². The zero-order valence-corrected chi connectivity index (χ0v) is 17.8. The number of anilines is 6. The van der Waals surface area contributed by atoms with Gasteiger partial charge in [0, 0.05) is 43.8 Å². The molecule has 0 atom stereocenters. The van der Waals surface area contributed by atoms with Gasteiger partial charge in [0.05, 0.1) is 13.2 Å². The minimum Gasteiger partial charge on any atom is -0.378 e. The highest BCUT2D eigenvalue weighted by Gasteiger charge is 2.13. The number of benzene rings is 1. The van der Waals surface area contributed by atoms with Gasteiger partial charge in [0.15, 0.2) is 0 Å². The van der Waals surface area contributed by atoms with Crippen LogP contribution in [0, 0.1) is 0 Å². The molecule has 0 amide bonds. The molecule has 2 N–H and O–H groups in total. The number of hydrogen-bond donors (Lipinski definition) is 2. The van der Waals surface area contributed by atoms with E-state index in [1.807, 2.05) is 12.1 Å². The molecule has 1 saturated heterocycles. The number of nitrogens with zero attached hydrogens (tertiary/aromatic N) is 7. The van der Waals surface area contributed by atoms with Crippen LogP contribution in [0.15, 0.2) is 42.9 Å². The molecule has 3 heterocycles. The van der Waals surface area contributed by atoms with E-state index >= 15 is 0 Å². The minimum atomic E-state index is 0.419. The van der Waals surface area contributed by atoms with Crippen LogP contribution in [-0.4, -0.2) is 64.3 Å². The number of rotatable bonds is 8. The molecule has 0 radical (unpaired) electrons. The summed E-state index contributed by atoms with van der Waals surface area (Å²) >= 11 is 0. The van der Waals surface area contributed by atoms with E-state index in [1.54, 1.807) is 12.3 Å². The fourth-order valence-corrected chi connectivity index (χ4v) is 3.31. The van der Waals surface area contributed by atoms with Gasteiger partial charge in [-0.2, -0.15) is 15.0 Å². The van der Waals surface area contributed by atoms with E-state index in [-0.39, 0.29) is 0 Å². The molecule has 162 valence electrons. The third-order valence-electron chi connectivity index (χ3n) is 4.99. The van der Waals surface area contributed by atoms with E-state index in [0.29, 0.717) is 23.7 Å². The van der Waals surface area contributed by atoms with Crippen molar-refractivity contribution in [3.05, 3.63) is 42.9 Å². The molecule has 10 nitrogen and oxygen atoms in total. The van der Waals surface area contributed by atoms with Crippen molar-refractivity contribution in [2.45, 2.75) is 13.8 Å². The second kappa shape index (κ2) is 9.98. The van der Waals surface area contributed by atoms with E-state index in [0.717, 1.165) is 45.1 Å². The first-order chi connectivity index (χ1) is 15.2. The molecular formula is C21H27N9O. The molecular weight excluding hydrogens is 394 g/mol. The van der Waals surface area contributed by atoms with Crippen LogP contribution in [0.2, 0.25) is 0 Å². The summed E-state index contributed by atoms with van der Waals surface area (Å²) in [5.41, 5.74) is 2.08. The zero-order chi connectivity index (χ0) is 21.5. The van der Waals surface area contributed by atoms with E-state index in [9.17, 15) is 0 Å². The van der Waals surface area contributed by atoms with Gasteiger partial charge in [-0.15, -0.1) is 0 Å². The largest absolute Gasteiger partial charge is 0.378 e. The first kappa shape index (κ1) is 20.7. The van der Waals surface area contributed by atoms with Gasteiger partial charge in [0.25, 0.3) is 0 Å². The summed E-state index contributed by atoms with van der Waals surface area (Å²) in [5.74, 6) is 2.10. The summed E-state index contributed by atoms with van der Waals surface area (Å²) < 4.78 is 5.43. The third-order valence-corrected chi connectivity index (χ3v) is 4.99. The Morgan fingerprint density at radius 1 is 0.935 bits per heavy atom. The van der Waals surface area contributed by atoms with Crippen LogP contribution in [0.1, 0.15) is 13.8 Å². The minimum absolute atomic E-state index is 0.419. The van der Waals surface area contributed by atoms with Crippen molar-refractivity contribution in [2.24, 2.45) is 0 Å². The lowest BCUT2D eigenvalue weighted by molar-refractivity contribution is 0.122. The summed E-state index contributed by atoms with van der Waals surface area (Å²) in [7, 11) is 0. The number of hydrogen-bond acceptors (Lipinski definition) is 10. The maximum absolute atomic E-state index is 5.43. The van der Waals surface area contributed by atoms with E-state index in [1.165, 1.54) is 12.0 Å². The van der Waals surface area contributed by atoms with Crippen molar-refractivity contribution in [1.82, 2.24) is 24.9 Å². The Hall–Kier alpha value is -3.53. The molecule has 31 heavy (non-hydrogen) atoms. The van der Waals surface area contributed by atoms with Gasteiger partial charge in [0.2, 0.25) is 17.8 Å². The summed E-state index contributed by atoms with van der Waals surface area (Å²) in [5, 5.41) is 6.43. The molecule has 0 unspecified atom stereocenters. The average molecular weight is 422 g/mol. The van der Waals surface area contributed by atoms with Crippen molar-refractivity contribution in [3.63, 3.8) is 0 Å². The molecule has 0 aliphatic carbocycles. The standard InChI is InChI=1S/C21H27N9O/c1-3-29(4-2)21-27-19(26-20(28-21)25-18-9-10-22-15-23-18)24-16-5-7-17(8-6-16)30-11-13-31-14-12-30/h5-10,15H,3-4,11-14H2,1-2H3,(H2,22,23,24,25,26,27,28). The quantitative estimate of drug-likeness (QED) is 0.564. The summed E-state index contributed by atoms with van der Waals surface area (Å²) in [4.78, 5) is 26.2. The van der Waals surface area contributed by atoms with Crippen LogP contribution < -0.4 is 20.4 Å². The maximum Gasteiger partial charge on any atom is 0.235 e. The van der Waals surface area contributed by atoms with E-state index < -0.39 is 0 Å². The Labute approximate surface area is 181 Å². The van der Waals surface area contributed by atoms with Crippen molar-refractivity contribution in [1.29, 1.82) is 0 Å². The molecule has 0 bridgehead atoms. The van der Waals surface area contributed by atoms with E-state index in [2.05, 4.69) is 71.3 Å². The molecule has 1 aliphatic rings. The van der Waals surface area contributed by atoms with Gasteiger partial charge in [-0.05, 0) is 44.2 Å². The molecule has 1 aromatic carbocycles. The lowest BCUT2D eigenvalue weighted by Crippen LogP contribution is -2.36. The Morgan fingerprint density at radius 3 is 2.29 bits per heavy atom. The first-order valence-corrected chi connectivity index (χ1v) is 10.5. The van der Waals surface area contributed by atoms with Crippen molar-refractivity contribution < 1.29 is 4.74 Å². The highest BCUT2D eigenvalue weighted by atomic mass is 16.5. The Kier molecular flexibility index (Phi) is 6.68. The molecule has 0 saturated carbocycles. The van der Waals surface area contributed by atoms with Gasteiger partial charge in [-0.25, -0.2) is 9.97 Å². The molecule has 4 rings (SSSR count). The van der Waals surface area contributed by atoms with Crippen LogP contribution in [0.4, 0.5) is 35.0 Å². The average Bonchev–Trinajstić information content (AvgIpc) is 2.82. The van der Waals surface area contributed by atoms with Crippen molar-refractivity contribution in [3.8, 4) is 0 Å². The molecule has 1 fully saturated rings. The second-order valence-corrected chi connectivity index (χ2v) is 6.95. The lowest BCUT2D eigenvalue weighted by atomic mass is 10.2. The van der Waals surface area contributed by atoms with Crippen LogP contribution >= 0.6 is 0 Å². The van der Waals surface area contributed by atoms with Crippen LogP contribution in [0.25, 0.3) is 0 Å². The van der Waals surface area contributed by atoms with Crippen LogP contribution in [0.5, 0.6) is 0 Å². The predicted octanol–water partition coefficient (Wildman–Crippen LogP) is 2.83. The lowest BCUT2D eigenvalue weighted by Gasteiger charge is -2.28. The first-order valence-electron chi connectivity index (χ1n) is 10.5. The monoisotopic (exact) mass is 421 g/mol. The fourth-order valence-electron chi connectivity index (χ4n) is 3.31. The highest BCUT2D eigenvalue weighted by Crippen LogP contribution is 2.23. The number of morpholine rings is 1. The highest BCUT2D eigenvalue weighted by molar-refractivity contribution is 5.61. The van der Waals surface area contributed by atoms with E-state index in [4.69, 9.17) is 4.74 Å². The van der Waals surface area contributed by atoms with Crippen molar-refractivity contribution in [2.75, 3.05) is 59.8 Å². The molecule has 0 spiro atoms. The second-order valence-electron chi connectivity index (χ2n) is 6.95. The van der Waals surface area contributed by atoms with Crippen LogP contribution in [-0.2, 0) is 4.74 Å². The molecule has 10 heteroatoms. The Morgan fingerprint density at radius 2 is 1.65 bits per heavy atom. The van der Waals surface area contributed by atoms with Crippen LogP contribution in [0.3, 0.4) is 0 Å². The number of aromatic nitrogens is 5. The summed E-state index contributed by atoms with van der Waals surface area (Å²) in [6.07, 6.45) is 3.14. The van der Waals surface area contributed by atoms with Gasteiger partial charge < -0.3 is 25.2 Å². The molecule has 1 aliphatic heterocycles. The van der Waals surface area contributed by atoms with Gasteiger partial charge in [-0.1, -0.05) is 0 Å². The SMILES string of the molecule is CCN(CC)c1nc(Nc2ccc(N3CCOCC3)cc2)nc(Nc2ccncn2)n1. The molecule has 2 aromatic heterocycles. The smallest absolute Gasteiger partial charge is 0.235 e. The zero-order valence-electron chi connectivity index (χ0n) is 17.8. The summed E-state index contributed by atoms with van der Waals surface area (Å²) in [6, 6.07) is 10.0. The predicted molar refractivity (Wildman–Crippen MR) is 121 cm³/mol. The third kappa shape index (κ3) is 5.34.